The topological polar surface area (TPSA) is 94.3 Å². The summed E-state index contributed by atoms with van der Waals surface area (Å²) >= 11 is 0. The number of nitrogens with two attached hydrogens (primary N) is 1. The third kappa shape index (κ3) is 3.41. The first kappa shape index (κ1) is 15.5. The van der Waals surface area contributed by atoms with Gasteiger partial charge in [-0.2, -0.15) is 0 Å². The second-order valence-electron chi connectivity index (χ2n) is 4.68. The molecule has 0 aliphatic carbocycles. The molecular weight excluding hydrogens is 282 g/mol. The van der Waals surface area contributed by atoms with E-state index >= 15 is 0 Å². The molecule has 6 nitrogen and oxygen atoms in total. The van der Waals surface area contributed by atoms with Gasteiger partial charge in [-0.1, -0.05) is 12.1 Å². The number of methoxy groups -OCH3 is 1. The number of aromatic nitrogens is 1. The molecule has 2 aromatic rings. The first-order valence-corrected chi connectivity index (χ1v) is 6.69. The summed E-state index contributed by atoms with van der Waals surface area (Å²) in [4.78, 5) is 27.0. The molecular formula is C16H17N3O3. The fraction of sp³-hybridized carbons (Fsp3) is 0.188. The molecule has 0 bridgehead atoms. The van der Waals surface area contributed by atoms with Gasteiger partial charge in [-0.25, -0.2) is 0 Å². The Labute approximate surface area is 128 Å². The minimum absolute atomic E-state index is 0.127. The zero-order valence-electron chi connectivity index (χ0n) is 12.4. The lowest BCUT2D eigenvalue weighted by Gasteiger charge is -2.09. The Morgan fingerprint density at radius 3 is 2.59 bits per heavy atom. The van der Waals surface area contributed by atoms with E-state index in [0.717, 1.165) is 11.1 Å². The maximum Gasteiger partial charge on any atom is 0.310 e. The number of esters is 1. The van der Waals surface area contributed by atoms with Gasteiger partial charge in [0.15, 0.2) is 0 Å². The molecule has 0 aliphatic heterocycles. The monoisotopic (exact) mass is 299 g/mol. The van der Waals surface area contributed by atoms with Crippen LogP contribution in [0.25, 0.3) is 11.1 Å². The van der Waals surface area contributed by atoms with Crippen molar-refractivity contribution in [1.82, 2.24) is 10.3 Å². The summed E-state index contributed by atoms with van der Waals surface area (Å²) in [6, 6.07) is 8.87. The molecule has 0 aliphatic rings. The molecule has 114 valence electrons. The third-order valence-electron chi connectivity index (χ3n) is 3.26. The van der Waals surface area contributed by atoms with E-state index in [1.54, 1.807) is 37.5 Å². The van der Waals surface area contributed by atoms with Crippen molar-refractivity contribution in [2.45, 2.75) is 6.42 Å². The van der Waals surface area contributed by atoms with Gasteiger partial charge in [0.2, 0.25) is 0 Å². The second-order valence-corrected chi connectivity index (χ2v) is 4.68. The van der Waals surface area contributed by atoms with Crippen molar-refractivity contribution in [2.75, 3.05) is 19.9 Å². The van der Waals surface area contributed by atoms with Gasteiger partial charge in [-0.15, -0.1) is 0 Å². The highest BCUT2D eigenvalue weighted by molar-refractivity contribution is 5.93. The van der Waals surface area contributed by atoms with E-state index in [4.69, 9.17) is 5.73 Å². The quantitative estimate of drug-likeness (QED) is 0.657. The maximum absolute atomic E-state index is 11.6. The Hall–Kier alpha value is -2.89. The molecule has 1 amide bonds. The van der Waals surface area contributed by atoms with E-state index in [0.29, 0.717) is 16.9 Å². The predicted molar refractivity (Wildman–Crippen MR) is 83.2 cm³/mol. The number of pyridine rings is 1. The Balaban J connectivity index is 2.32. The van der Waals surface area contributed by atoms with E-state index in [9.17, 15) is 9.59 Å². The number of nitrogens with one attached hydrogen (secondary N) is 1. The number of nitrogen functional groups attached to an aromatic ring is 1. The Morgan fingerprint density at radius 2 is 1.95 bits per heavy atom. The van der Waals surface area contributed by atoms with Crippen molar-refractivity contribution >= 4 is 17.6 Å². The lowest BCUT2D eigenvalue weighted by Crippen LogP contribution is -2.19. The minimum atomic E-state index is -0.342. The number of hydrogen-bond acceptors (Lipinski definition) is 5. The first-order valence-electron chi connectivity index (χ1n) is 6.69. The number of carbonyl (C=O) groups excluding carboxylic acids is 2. The summed E-state index contributed by atoms with van der Waals surface area (Å²) in [5.41, 5.74) is 9.19. The number of amides is 1. The lowest BCUT2D eigenvalue weighted by molar-refractivity contribution is -0.139. The number of nitrogens with zero attached hydrogens (tertiary/aromatic N) is 1. The molecule has 3 N–H and O–H groups in total. The number of benzene rings is 1. The van der Waals surface area contributed by atoms with Gasteiger partial charge in [0.25, 0.3) is 5.91 Å². The fourth-order valence-electron chi connectivity index (χ4n) is 2.03. The molecule has 0 spiro atoms. The van der Waals surface area contributed by atoms with Crippen molar-refractivity contribution in [3.05, 3.63) is 47.8 Å². The van der Waals surface area contributed by atoms with Gasteiger partial charge >= 0.3 is 5.97 Å². The van der Waals surface area contributed by atoms with Crippen LogP contribution in [0.2, 0.25) is 0 Å². The van der Waals surface area contributed by atoms with E-state index in [2.05, 4.69) is 15.0 Å². The molecule has 0 atom stereocenters. The third-order valence-corrected chi connectivity index (χ3v) is 3.26. The second kappa shape index (κ2) is 6.71. The molecule has 22 heavy (non-hydrogen) atoms. The van der Waals surface area contributed by atoms with Crippen molar-refractivity contribution in [1.29, 1.82) is 0 Å². The van der Waals surface area contributed by atoms with Crippen LogP contribution in [0.1, 0.15) is 16.1 Å². The molecule has 2 rings (SSSR count). The summed E-state index contributed by atoms with van der Waals surface area (Å²) in [6.45, 7) is 0. The molecule has 6 heteroatoms. The predicted octanol–water partition coefficient (Wildman–Crippen LogP) is 1.41. The highest BCUT2D eigenvalue weighted by Gasteiger charge is 2.10. The summed E-state index contributed by atoms with van der Waals surface area (Å²) in [6.07, 6.45) is 1.70. The smallest absolute Gasteiger partial charge is 0.310 e. The Bertz CT molecular complexity index is 714. The first-order chi connectivity index (χ1) is 10.5. The van der Waals surface area contributed by atoms with Crippen molar-refractivity contribution < 1.29 is 14.3 Å². The number of ether oxygens (including phenoxy) is 1. The maximum atomic E-state index is 11.6. The molecule has 0 unspecified atom stereocenters. The Morgan fingerprint density at radius 1 is 1.23 bits per heavy atom. The van der Waals surface area contributed by atoms with Gasteiger partial charge in [0.1, 0.15) is 5.69 Å². The number of carbonyl (C=O) groups is 2. The van der Waals surface area contributed by atoms with Gasteiger partial charge in [-0.05, 0) is 34.9 Å². The molecule has 1 aromatic carbocycles. The molecule has 0 radical (unpaired) electrons. The van der Waals surface area contributed by atoms with Crippen LogP contribution in [-0.4, -0.2) is 31.0 Å². The highest BCUT2D eigenvalue weighted by atomic mass is 16.5. The minimum Gasteiger partial charge on any atom is -0.469 e. The summed E-state index contributed by atoms with van der Waals surface area (Å²) in [7, 11) is 2.89. The van der Waals surface area contributed by atoms with E-state index in [1.807, 2.05) is 6.07 Å². The highest BCUT2D eigenvalue weighted by Crippen LogP contribution is 2.24. The molecule has 0 fully saturated rings. The van der Waals surface area contributed by atoms with Crippen LogP contribution in [-0.2, 0) is 16.0 Å². The zero-order chi connectivity index (χ0) is 16.1. The molecule has 0 saturated heterocycles. The Kier molecular flexibility index (Phi) is 4.73. The van der Waals surface area contributed by atoms with Gasteiger partial charge < -0.3 is 15.8 Å². The number of anilines is 1. The number of hydrogen-bond donors (Lipinski definition) is 2. The van der Waals surface area contributed by atoms with Gasteiger partial charge in [0, 0.05) is 18.9 Å². The van der Waals surface area contributed by atoms with Crippen molar-refractivity contribution in [3.63, 3.8) is 0 Å². The van der Waals surface area contributed by atoms with Crippen LogP contribution in [0, 0.1) is 0 Å². The summed E-state index contributed by atoms with van der Waals surface area (Å²) in [5, 5.41) is 2.53. The van der Waals surface area contributed by atoms with Crippen LogP contribution in [0.4, 0.5) is 5.69 Å². The average molecular weight is 299 g/mol. The normalized spacial score (nSPS) is 10.1. The van der Waals surface area contributed by atoms with Crippen LogP contribution in [0.5, 0.6) is 0 Å². The van der Waals surface area contributed by atoms with E-state index in [1.165, 1.54) is 7.11 Å². The summed E-state index contributed by atoms with van der Waals surface area (Å²) in [5.74, 6) is -0.595. The van der Waals surface area contributed by atoms with Crippen LogP contribution >= 0.6 is 0 Å². The number of rotatable bonds is 4. The standard InChI is InChI=1S/C16H17N3O3/c1-18-16(21)14-8-11(5-6-19-14)10-3-4-12(13(17)7-10)9-15(20)22-2/h3-8H,9,17H2,1-2H3,(H,18,21). The average Bonchev–Trinajstić information content (AvgIpc) is 2.55. The van der Waals surface area contributed by atoms with Crippen molar-refractivity contribution in [2.24, 2.45) is 0 Å². The van der Waals surface area contributed by atoms with E-state index < -0.39 is 0 Å². The van der Waals surface area contributed by atoms with Crippen molar-refractivity contribution in [3.8, 4) is 11.1 Å². The largest absolute Gasteiger partial charge is 0.469 e. The fourth-order valence-corrected chi connectivity index (χ4v) is 2.03. The summed E-state index contributed by atoms with van der Waals surface area (Å²) < 4.78 is 4.63. The van der Waals surface area contributed by atoms with Gasteiger partial charge in [0.05, 0.1) is 13.5 Å². The lowest BCUT2D eigenvalue weighted by atomic mass is 10.0. The molecule has 1 aromatic heterocycles. The molecule has 0 saturated carbocycles. The molecule has 1 heterocycles. The SMILES string of the molecule is CNC(=O)c1cc(-c2ccc(CC(=O)OC)c(N)c2)ccn1. The zero-order valence-corrected chi connectivity index (χ0v) is 12.4. The van der Waals surface area contributed by atoms with Crippen LogP contribution in [0.15, 0.2) is 36.5 Å². The van der Waals surface area contributed by atoms with Crippen LogP contribution < -0.4 is 11.1 Å². The van der Waals surface area contributed by atoms with E-state index in [-0.39, 0.29) is 18.3 Å². The van der Waals surface area contributed by atoms with Gasteiger partial charge in [-0.3, -0.25) is 14.6 Å². The van der Waals surface area contributed by atoms with Crippen LogP contribution in [0.3, 0.4) is 0 Å².